The zero-order valence-corrected chi connectivity index (χ0v) is 10.9. The van der Waals surface area contributed by atoms with Crippen molar-refractivity contribution in [3.05, 3.63) is 29.8 Å². The van der Waals surface area contributed by atoms with Crippen molar-refractivity contribution in [2.45, 2.75) is 32.8 Å². The van der Waals surface area contributed by atoms with E-state index in [2.05, 4.69) is 0 Å². The molecule has 0 spiro atoms. The van der Waals surface area contributed by atoms with Crippen molar-refractivity contribution >= 4 is 5.97 Å². The maximum absolute atomic E-state index is 11.7. The number of aromatic hydroxyl groups is 1. The van der Waals surface area contributed by atoms with Gasteiger partial charge in [0.25, 0.3) is 0 Å². The highest BCUT2D eigenvalue weighted by Crippen LogP contribution is 2.14. The number of phenols is 1. The Hall–Kier alpha value is -1.55. The quantitative estimate of drug-likeness (QED) is 0.756. The van der Waals surface area contributed by atoms with Gasteiger partial charge in [0, 0.05) is 13.0 Å². The zero-order valence-electron chi connectivity index (χ0n) is 10.9. The Bertz CT molecular complexity index is 376. The van der Waals surface area contributed by atoms with Gasteiger partial charge in [-0.05, 0) is 31.0 Å². The third kappa shape index (κ3) is 4.75. The standard InChI is InChI=1S/C14H20O4/c1-3-8-18-13(14(16)17-4-2)10-11-6-5-7-12(15)9-11/h5-7,9,13,15H,3-4,8,10H2,1-2H3. The van der Waals surface area contributed by atoms with Crippen molar-refractivity contribution < 1.29 is 19.4 Å². The molecule has 1 rings (SSSR count). The second-order valence-electron chi connectivity index (χ2n) is 3.99. The molecule has 0 saturated carbocycles. The number of carbonyl (C=O) groups is 1. The van der Waals surface area contributed by atoms with E-state index < -0.39 is 6.10 Å². The molecule has 0 aromatic heterocycles. The number of esters is 1. The second kappa shape index (κ2) is 7.71. The average Bonchev–Trinajstić information content (AvgIpc) is 2.34. The van der Waals surface area contributed by atoms with Crippen molar-refractivity contribution in [1.82, 2.24) is 0 Å². The molecule has 1 aromatic carbocycles. The Kier molecular flexibility index (Phi) is 6.22. The highest BCUT2D eigenvalue weighted by Gasteiger charge is 2.20. The summed E-state index contributed by atoms with van der Waals surface area (Å²) >= 11 is 0. The number of hydrogen-bond donors (Lipinski definition) is 1. The van der Waals surface area contributed by atoms with Crippen molar-refractivity contribution in [2.75, 3.05) is 13.2 Å². The zero-order chi connectivity index (χ0) is 13.4. The fourth-order valence-electron chi connectivity index (χ4n) is 1.60. The van der Waals surface area contributed by atoms with Crippen LogP contribution in [0.3, 0.4) is 0 Å². The van der Waals surface area contributed by atoms with E-state index in [1.54, 1.807) is 25.1 Å². The van der Waals surface area contributed by atoms with Gasteiger partial charge in [-0.2, -0.15) is 0 Å². The lowest BCUT2D eigenvalue weighted by Crippen LogP contribution is -2.29. The first-order chi connectivity index (χ1) is 8.67. The van der Waals surface area contributed by atoms with Gasteiger partial charge in [-0.15, -0.1) is 0 Å². The molecule has 0 aliphatic carbocycles. The smallest absolute Gasteiger partial charge is 0.335 e. The Labute approximate surface area is 108 Å². The van der Waals surface area contributed by atoms with E-state index in [4.69, 9.17) is 9.47 Å². The molecule has 0 aliphatic rings. The summed E-state index contributed by atoms with van der Waals surface area (Å²) in [5, 5.41) is 9.39. The molecule has 1 unspecified atom stereocenters. The van der Waals surface area contributed by atoms with Crippen LogP contribution in [0.4, 0.5) is 0 Å². The molecule has 0 bridgehead atoms. The SMILES string of the molecule is CCCOC(Cc1cccc(O)c1)C(=O)OCC. The molecule has 1 atom stereocenters. The van der Waals surface area contributed by atoms with Crippen LogP contribution in [0.15, 0.2) is 24.3 Å². The number of ether oxygens (including phenoxy) is 2. The highest BCUT2D eigenvalue weighted by molar-refractivity contribution is 5.75. The molecular formula is C14H20O4. The van der Waals surface area contributed by atoms with Gasteiger partial charge in [0.15, 0.2) is 6.10 Å². The predicted octanol–water partition coefficient (Wildman–Crippen LogP) is 2.29. The molecule has 100 valence electrons. The molecule has 0 amide bonds. The third-order valence-corrected chi connectivity index (χ3v) is 2.40. The lowest BCUT2D eigenvalue weighted by Gasteiger charge is -2.16. The fraction of sp³-hybridized carbons (Fsp3) is 0.500. The Morgan fingerprint density at radius 2 is 2.17 bits per heavy atom. The molecule has 0 radical (unpaired) electrons. The van der Waals surface area contributed by atoms with Crippen LogP contribution in [0.5, 0.6) is 5.75 Å². The van der Waals surface area contributed by atoms with Gasteiger partial charge in [0.05, 0.1) is 6.61 Å². The van der Waals surface area contributed by atoms with Crippen molar-refractivity contribution in [3.8, 4) is 5.75 Å². The molecule has 4 nitrogen and oxygen atoms in total. The van der Waals surface area contributed by atoms with Crippen LogP contribution >= 0.6 is 0 Å². The lowest BCUT2D eigenvalue weighted by molar-refractivity contribution is -0.156. The van der Waals surface area contributed by atoms with E-state index in [0.29, 0.717) is 19.6 Å². The highest BCUT2D eigenvalue weighted by atomic mass is 16.6. The number of hydrogen-bond acceptors (Lipinski definition) is 4. The Balaban J connectivity index is 2.68. The molecule has 0 heterocycles. The maximum Gasteiger partial charge on any atom is 0.335 e. The fourth-order valence-corrected chi connectivity index (χ4v) is 1.60. The van der Waals surface area contributed by atoms with Crippen LogP contribution in [-0.2, 0) is 20.7 Å². The van der Waals surface area contributed by atoms with Crippen LogP contribution in [0.2, 0.25) is 0 Å². The number of phenolic OH excluding ortho intramolecular Hbond substituents is 1. The van der Waals surface area contributed by atoms with Gasteiger partial charge >= 0.3 is 5.97 Å². The predicted molar refractivity (Wildman–Crippen MR) is 68.5 cm³/mol. The summed E-state index contributed by atoms with van der Waals surface area (Å²) in [5.41, 5.74) is 0.851. The summed E-state index contributed by atoms with van der Waals surface area (Å²) in [6.45, 7) is 4.60. The van der Waals surface area contributed by atoms with E-state index in [1.165, 1.54) is 0 Å². The number of carbonyl (C=O) groups excluding carboxylic acids is 1. The molecule has 1 aromatic rings. The summed E-state index contributed by atoms with van der Waals surface area (Å²) in [6.07, 6.45) is 0.648. The van der Waals surface area contributed by atoms with Gasteiger partial charge in [-0.3, -0.25) is 0 Å². The van der Waals surface area contributed by atoms with Gasteiger partial charge in [0.2, 0.25) is 0 Å². The van der Waals surface area contributed by atoms with Crippen LogP contribution in [-0.4, -0.2) is 30.4 Å². The number of benzene rings is 1. The van der Waals surface area contributed by atoms with E-state index in [0.717, 1.165) is 12.0 Å². The first kappa shape index (κ1) is 14.5. The lowest BCUT2D eigenvalue weighted by atomic mass is 10.1. The molecular weight excluding hydrogens is 232 g/mol. The van der Waals surface area contributed by atoms with Gasteiger partial charge < -0.3 is 14.6 Å². The van der Waals surface area contributed by atoms with E-state index >= 15 is 0 Å². The monoisotopic (exact) mass is 252 g/mol. The van der Waals surface area contributed by atoms with Crippen LogP contribution in [0.25, 0.3) is 0 Å². The summed E-state index contributed by atoms with van der Waals surface area (Å²) in [6, 6.07) is 6.81. The summed E-state index contributed by atoms with van der Waals surface area (Å²) in [4.78, 5) is 11.7. The first-order valence-corrected chi connectivity index (χ1v) is 6.23. The van der Waals surface area contributed by atoms with E-state index in [1.807, 2.05) is 13.0 Å². The van der Waals surface area contributed by atoms with Gasteiger partial charge in [0.1, 0.15) is 5.75 Å². The Morgan fingerprint density at radius 1 is 1.39 bits per heavy atom. The maximum atomic E-state index is 11.7. The molecule has 1 N–H and O–H groups in total. The van der Waals surface area contributed by atoms with Gasteiger partial charge in [-0.1, -0.05) is 19.1 Å². The summed E-state index contributed by atoms with van der Waals surface area (Å²) in [7, 11) is 0. The minimum Gasteiger partial charge on any atom is -0.508 e. The topological polar surface area (TPSA) is 55.8 Å². The molecule has 0 saturated heterocycles. The minimum atomic E-state index is -0.605. The van der Waals surface area contributed by atoms with Crippen molar-refractivity contribution in [3.63, 3.8) is 0 Å². The average molecular weight is 252 g/mol. The first-order valence-electron chi connectivity index (χ1n) is 6.23. The molecule has 18 heavy (non-hydrogen) atoms. The second-order valence-corrected chi connectivity index (χ2v) is 3.99. The van der Waals surface area contributed by atoms with Crippen LogP contribution in [0.1, 0.15) is 25.8 Å². The largest absolute Gasteiger partial charge is 0.508 e. The van der Waals surface area contributed by atoms with Crippen LogP contribution in [0, 0.1) is 0 Å². The van der Waals surface area contributed by atoms with Crippen LogP contribution < -0.4 is 0 Å². The third-order valence-electron chi connectivity index (χ3n) is 2.40. The summed E-state index contributed by atoms with van der Waals surface area (Å²) in [5.74, 6) is -0.167. The Morgan fingerprint density at radius 3 is 2.78 bits per heavy atom. The van der Waals surface area contributed by atoms with E-state index in [9.17, 15) is 9.90 Å². The van der Waals surface area contributed by atoms with Crippen molar-refractivity contribution in [1.29, 1.82) is 0 Å². The molecule has 0 fully saturated rings. The van der Waals surface area contributed by atoms with Crippen molar-refractivity contribution in [2.24, 2.45) is 0 Å². The minimum absolute atomic E-state index is 0.186. The molecule has 4 heteroatoms. The number of rotatable bonds is 7. The van der Waals surface area contributed by atoms with Gasteiger partial charge in [-0.25, -0.2) is 4.79 Å². The normalized spacial score (nSPS) is 12.1. The van der Waals surface area contributed by atoms with E-state index in [-0.39, 0.29) is 11.7 Å². The molecule has 0 aliphatic heterocycles. The summed E-state index contributed by atoms with van der Waals surface area (Å²) < 4.78 is 10.5.